The molecule has 32 heavy (non-hydrogen) atoms. The highest BCUT2D eigenvalue weighted by atomic mass is 35.5. The van der Waals surface area contributed by atoms with E-state index in [9.17, 15) is 9.59 Å². The van der Waals surface area contributed by atoms with Gasteiger partial charge < -0.3 is 15.0 Å². The van der Waals surface area contributed by atoms with Gasteiger partial charge in [-0.2, -0.15) is 0 Å². The molecular weight excluding hydrogens is 447 g/mol. The molecule has 0 aliphatic heterocycles. The number of hydrogen-bond acceptors (Lipinski definition) is 3. The van der Waals surface area contributed by atoms with Gasteiger partial charge in [-0.05, 0) is 62.9 Å². The number of hydrogen-bond donors (Lipinski definition) is 1. The Labute approximate surface area is 200 Å². The van der Waals surface area contributed by atoms with Crippen molar-refractivity contribution in [3.63, 3.8) is 0 Å². The SMILES string of the molecule is Cc1ccc(OCC(=O)N(Cc2ccc(Cl)c(Cl)c2)C(C)C(=O)NC2CCCC2)c(C)c1. The number of amides is 2. The van der Waals surface area contributed by atoms with Gasteiger partial charge in [-0.25, -0.2) is 0 Å². The van der Waals surface area contributed by atoms with Crippen LogP contribution in [0, 0.1) is 13.8 Å². The van der Waals surface area contributed by atoms with Crippen LogP contribution in [0.1, 0.15) is 49.3 Å². The molecule has 0 radical (unpaired) electrons. The van der Waals surface area contributed by atoms with Gasteiger partial charge in [0, 0.05) is 12.6 Å². The Balaban J connectivity index is 1.75. The molecule has 1 atom stereocenters. The van der Waals surface area contributed by atoms with Crippen LogP contribution in [0.5, 0.6) is 5.75 Å². The van der Waals surface area contributed by atoms with Crippen LogP contribution in [0.25, 0.3) is 0 Å². The molecule has 0 heterocycles. The van der Waals surface area contributed by atoms with Crippen LogP contribution in [-0.2, 0) is 16.1 Å². The van der Waals surface area contributed by atoms with E-state index in [4.69, 9.17) is 27.9 Å². The number of rotatable bonds is 8. The van der Waals surface area contributed by atoms with Gasteiger partial charge in [-0.3, -0.25) is 9.59 Å². The van der Waals surface area contributed by atoms with Crippen molar-refractivity contribution in [2.75, 3.05) is 6.61 Å². The second-order valence-corrected chi connectivity index (χ2v) is 9.31. The van der Waals surface area contributed by atoms with E-state index in [1.807, 2.05) is 32.0 Å². The fourth-order valence-electron chi connectivity index (χ4n) is 3.99. The Bertz CT molecular complexity index is 974. The number of carbonyl (C=O) groups excluding carboxylic acids is 2. The molecule has 1 aliphatic rings. The number of benzene rings is 2. The Morgan fingerprint density at radius 2 is 1.81 bits per heavy atom. The van der Waals surface area contributed by atoms with Crippen LogP contribution in [0.4, 0.5) is 0 Å². The predicted molar refractivity (Wildman–Crippen MR) is 128 cm³/mol. The summed E-state index contributed by atoms with van der Waals surface area (Å²) in [6.45, 7) is 5.76. The number of halogens is 2. The first-order valence-corrected chi connectivity index (χ1v) is 11.7. The molecule has 0 saturated heterocycles. The fraction of sp³-hybridized carbons (Fsp3) is 0.440. The third-order valence-electron chi connectivity index (χ3n) is 5.89. The molecular formula is C25H30Cl2N2O3. The van der Waals surface area contributed by atoms with Crippen LogP contribution >= 0.6 is 23.2 Å². The minimum atomic E-state index is -0.653. The van der Waals surface area contributed by atoms with E-state index in [1.54, 1.807) is 25.1 Å². The molecule has 1 fully saturated rings. The summed E-state index contributed by atoms with van der Waals surface area (Å²) >= 11 is 12.2. The fourth-order valence-corrected chi connectivity index (χ4v) is 4.31. The summed E-state index contributed by atoms with van der Waals surface area (Å²) < 4.78 is 5.81. The molecule has 7 heteroatoms. The van der Waals surface area contributed by atoms with Gasteiger partial charge in [0.05, 0.1) is 10.0 Å². The smallest absolute Gasteiger partial charge is 0.261 e. The average Bonchev–Trinajstić information content (AvgIpc) is 3.26. The molecule has 2 aromatic carbocycles. The molecule has 1 aliphatic carbocycles. The largest absolute Gasteiger partial charge is 0.483 e. The van der Waals surface area contributed by atoms with Crippen LogP contribution in [0.15, 0.2) is 36.4 Å². The van der Waals surface area contributed by atoms with E-state index in [-0.39, 0.29) is 31.0 Å². The summed E-state index contributed by atoms with van der Waals surface area (Å²) in [7, 11) is 0. The molecule has 0 spiro atoms. The maximum Gasteiger partial charge on any atom is 0.261 e. The van der Waals surface area contributed by atoms with Gasteiger partial charge in [0.1, 0.15) is 11.8 Å². The standard InChI is InChI=1S/C25H30Cl2N2O3/c1-16-8-11-23(17(2)12-16)32-15-24(30)29(14-19-9-10-21(26)22(27)13-19)18(3)25(31)28-20-6-4-5-7-20/h8-13,18,20H,4-7,14-15H2,1-3H3,(H,28,31). The lowest BCUT2D eigenvalue weighted by atomic mass is 10.1. The van der Waals surface area contributed by atoms with E-state index in [2.05, 4.69) is 5.32 Å². The molecule has 1 unspecified atom stereocenters. The van der Waals surface area contributed by atoms with Crippen molar-refractivity contribution in [2.24, 2.45) is 0 Å². The van der Waals surface area contributed by atoms with Gasteiger partial charge in [0.2, 0.25) is 5.91 Å². The van der Waals surface area contributed by atoms with Crippen molar-refractivity contribution < 1.29 is 14.3 Å². The molecule has 0 aromatic heterocycles. The van der Waals surface area contributed by atoms with Crippen molar-refractivity contribution in [3.05, 3.63) is 63.1 Å². The second-order valence-electron chi connectivity index (χ2n) is 8.49. The lowest BCUT2D eigenvalue weighted by molar-refractivity contribution is -0.142. The lowest BCUT2D eigenvalue weighted by Crippen LogP contribution is -2.50. The number of aryl methyl sites for hydroxylation is 2. The zero-order chi connectivity index (χ0) is 23.3. The van der Waals surface area contributed by atoms with E-state index < -0.39 is 6.04 Å². The third-order valence-corrected chi connectivity index (χ3v) is 6.63. The van der Waals surface area contributed by atoms with Crippen molar-refractivity contribution in [3.8, 4) is 5.75 Å². The Morgan fingerprint density at radius 1 is 1.09 bits per heavy atom. The van der Waals surface area contributed by atoms with Crippen LogP contribution < -0.4 is 10.1 Å². The van der Waals surface area contributed by atoms with Crippen molar-refractivity contribution in [1.82, 2.24) is 10.2 Å². The summed E-state index contributed by atoms with van der Waals surface area (Å²) in [5.41, 5.74) is 2.88. The quantitative estimate of drug-likeness (QED) is 0.549. The monoisotopic (exact) mass is 476 g/mol. The molecule has 1 saturated carbocycles. The van der Waals surface area contributed by atoms with E-state index in [0.717, 1.165) is 42.4 Å². The number of ether oxygens (including phenoxy) is 1. The lowest BCUT2D eigenvalue weighted by Gasteiger charge is -2.30. The molecule has 0 bridgehead atoms. The molecule has 3 rings (SSSR count). The first-order chi connectivity index (χ1) is 15.2. The van der Waals surface area contributed by atoms with Crippen LogP contribution in [0.3, 0.4) is 0 Å². The molecule has 2 aromatic rings. The van der Waals surface area contributed by atoms with E-state index in [1.165, 1.54) is 4.90 Å². The molecule has 5 nitrogen and oxygen atoms in total. The summed E-state index contributed by atoms with van der Waals surface area (Å²) in [4.78, 5) is 27.7. The summed E-state index contributed by atoms with van der Waals surface area (Å²) in [6, 6.07) is 10.5. The van der Waals surface area contributed by atoms with E-state index >= 15 is 0 Å². The Kier molecular flexibility index (Phi) is 8.44. The maximum absolute atomic E-state index is 13.2. The molecule has 1 N–H and O–H groups in total. The number of nitrogens with one attached hydrogen (secondary N) is 1. The molecule has 172 valence electrons. The third kappa shape index (κ3) is 6.39. The normalized spacial score (nSPS) is 14.8. The van der Waals surface area contributed by atoms with Crippen LogP contribution in [-0.4, -0.2) is 35.4 Å². The zero-order valence-corrected chi connectivity index (χ0v) is 20.3. The summed E-state index contributed by atoms with van der Waals surface area (Å²) in [5, 5.41) is 3.94. The van der Waals surface area contributed by atoms with Gasteiger partial charge in [-0.15, -0.1) is 0 Å². The number of carbonyl (C=O) groups is 2. The first-order valence-electron chi connectivity index (χ1n) is 11.0. The predicted octanol–water partition coefficient (Wildman–Crippen LogP) is 5.47. The van der Waals surface area contributed by atoms with Crippen LogP contribution in [0.2, 0.25) is 10.0 Å². The van der Waals surface area contributed by atoms with Gasteiger partial charge >= 0.3 is 0 Å². The van der Waals surface area contributed by atoms with Crippen molar-refractivity contribution in [1.29, 1.82) is 0 Å². The van der Waals surface area contributed by atoms with Crippen molar-refractivity contribution in [2.45, 2.75) is 65.1 Å². The summed E-state index contributed by atoms with van der Waals surface area (Å²) in [5.74, 6) is 0.225. The minimum absolute atomic E-state index is 0.156. The highest BCUT2D eigenvalue weighted by molar-refractivity contribution is 6.42. The number of nitrogens with zero attached hydrogens (tertiary/aromatic N) is 1. The summed E-state index contributed by atoms with van der Waals surface area (Å²) in [6.07, 6.45) is 4.20. The highest BCUT2D eigenvalue weighted by Gasteiger charge is 2.29. The average molecular weight is 477 g/mol. The Hall–Kier alpha value is -2.24. The van der Waals surface area contributed by atoms with E-state index in [0.29, 0.717) is 15.8 Å². The van der Waals surface area contributed by atoms with Crippen molar-refractivity contribution >= 4 is 35.0 Å². The van der Waals surface area contributed by atoms with Gasteiger partial charge in [-0.1, -0.05) is 59.8 Å². The first kappa shape index (κ1) is 24.4. The second kappa shape index (κ2) is 11.1. The maximum atomic E-state index is 13.2. The highest BCUT2D eigenvalue weighted by Crippen LogP contribution is 2.24. The zero-order valence-electron chi connectivity index (χ0n) is 18.8. The van der Waals surface area contributed by atoms with Gasteiger partial charge in [0.15, 0.2) is 6.61 Å². The van der Waals surface area contributed by atoms with Gasteiger partial charge in [0.25, 0.3) is 5.91 Å². The molecule has 2 amide bonds. The Morgan fingerprint density at radius 3 is 2.47 bits per heavy atom. The minimum Gasteiger partial charge on any atom is -0.483 e. The topological polar surface area (TPSA) is 58.6 Å².